The summed E-state index contributed by atoms with van der Waals surface area (Å²) >= 11 is 0. The van der Waals surface area contributed by atoms with E-state index in [0.717, 1.165) is 0 Å². The van der Waals surface area contributed by atoms with Crippen LogP contribution in [-0.2, 0) is 33.5 Å². The van der Waals surface area contributed by atoms with Gasteiger partial charge in [0.1, 0.15) is 0 Å². The SMILES string of the molecule is O=C(O)CC(O)(CC(=O)OC(CC(=O)O)(CC(=O)O)C(=O)O)C(=O)O.[H-].[H-].[H-].[H-].[Na+].[Na+].[Na+].[Na+]. The van der Waals surface area contributed by atoms with Gasteiger partial charge in [-0.2, -0.15) is 0 Å². The van der Waals surface area contributed by atoms with E-state index in [1.807, 2.05) is 0 Å². The zero-order chi connectivity index (χ0) is 20.0. The van der Waals surface area contributed by atoms with Crippen molar-refractivity contribution in [3.63, 3.8) is 0 Å². The first-order valence-electron chi connectivity index (χ1n) is 6.30. The minimum absolute atomic E-state index is 0. The summed E-state index contributed by atoms with van der Waals surface area (Å²) in [6.07, 6.45) is -5.94. The minimum atomic E-state index is -3.17. The average Bonchev–Trinajstić information content (AvgIpc) is 2.34. The van der Waals surface area contributed by atoms with Crippen molar-refractivity contribution in [3.8, 4) is 0 Å². The van der Waals surface area contributed by atoms with Crippen LogP contribution >= 0.6 is 0 Å². The molecule has 6 N–H and O–H groups in total. The van der Waals surface area contributed by atoms with Gasteiger partial charge in [0.2, 0.25) is 5.60 Å². The van der Waals surface area contributed by atoms with Crippen molar-refractivity contribution in [2.45, 2.75) is 36.9 Å². The van der Waals surface area contributed by atoms with Crippen LogP contribution in [-0.4, -0.2) is 77.7 Å². The van der Waals surface area contributed by atoms with E-state index in [9.17, 15) is 33.9 Å². The molecule has 0 aromatic carbocycles. The molecule has 0 aliphatic carbocycles. The maximum absolute atomic E-state index is 11.7. The van der Waals surface area contributed by atoms with Gasteiger partial charge in [0, 0.05) is 0 Å². The third-order valence-corrected chi connectivity index (χ3v) is 2.85. The van der Waals surface area contributed by atoms with Gasteiger partial charge in [-0.1, -0.05) is 0 Å². The van der Waals surface area contributed by atoms with Crippen LogP contribution in [0, 0.1) is 0 Å². The van der Waals surface area contributed by atoms with Crippen LogP contribution in [0.25, 0.3) is 0 Å². The van der Waals surface area contributed by atoms with E-state index < -0.39 is 72.7 Å². The predicted molar refractivity (Wildman–Crippen MR) is 74.9 cm³/mol. The topological polar surface area (TPSA) is 233 Å². The number of hydrogen-bond donors (Lipinski definition) is 6. The number of carboxylic acid groups (broad SMARTS) is 5. The number of esters is 1. The van der Waals surface area contributed by atoms with E-state index in [-0.39, 0.29) is 124 Å². The Hall–Kier alpha value is 0.780. The molecule has 0 heterocycles. The summed E-state index contributed by atoms with van der Waals surface area (Å²) < 4.78 is 4.33. The van der Waals surface area contributed by atoms with Crippen molar-refractivity contribution in [2.24, 2.45) is 0 Å². The number of carbonyl (C=O) groups is 6. The Morgan fingerprint density at radius 2 is 0.966 bits per heavy atom. The molecule has 29 heavy (non-hydrogen) atoms. The molecule has 1 unspecified atom stereocenters. The van der Waals surface area contributed by atoms with Crippen LogP contribution in [0.1, 0.15) is 31.4 Å². The van der Waals surface area contributed by atoms with Gasteiger partial charge in [-0.3, -0.25) is 19.2 Å². The van der Waals surface area contributed by atoms with E-state index >= 15 is 0 Å². The van der Waals surface area contributed by atoms with Crippen LogP contribution in [0.3, 0.4) is 0 Å². The van der Waals surface area contributed by atoms with E-state index in [2.05, 4.69) is 4.74 Å². The van der Waals surface area contributed by atoms with Crippen molar-refractivity contribution < 1.29 is 188 Å². The fourth-order valence-corrected chi connectivity index (χ4v) is 1.77. The first-order chi connectivity index (χ1) is 11.2. The number of hydrogen-bond acceptors (Lipinski definition) is 8. The molecular formula is C12H18Na4O13. The normalized spacial score (nSPS) is 11.5. The van der Waals surface area contributed by atoms with Crippen LogP contribution < -0.4 is 118 Å². The van der Waals surface area contributed by atoms with Gasteiger partial charge in [-0.15, -0.1) is 0 Å². The molecule has 0 aliphatic heterocycles. The molecule has 0 saturated heterocycles. The Balaban J connectivity index is -0.000000103. The molecule has 0 spiro atoms. The summed E-state index contributed by atoms with van der Waals surface area (Å²) in [5.74, 6) is -11.6. The van der Waals surface area contributed by atoms with Crippen molar-refractivity contribution in [1.29, 1.82) is 0 Å². The fraction of sp³-hybridized carbons (Fsp3) is 0.500. The zero-order valence-corrected chi connectivity index (χ0v) is 24.4. The molecule has 0 amide bonds. The van der Waals surface area contributed by atoms with Gasteiger partial charge < -0.3 is 41.1 Å². The molecule has 0 aliphatic rings. The molecule has 0 bridgehead atoms. The molecule has 0 fully saturated rings. The number of aliphatic carboxylic acids is 5. The molecule has 0 aromatic rings. The van der Waals surface area contributed by atoms with Gasteiger partial charge in [-0.05, 0) is 0 Å². The first-order valence-corrected chi connectivity index (χ1v) is 6.30. The van der Waals surface area contributed by atoms with Crippen molar-refractivity contribution in [1.82, 2.24) is 0 Å². The Labute approximate surface area is 257 Å². The molecular weight excluding hydrogens is 444 g/mol. The molecule has 148 valence electrons. The molecule has 0 saturated carbocycles. The Morgan fingerprint density at radius 3 is 1.21 bits per heavy atom. The number of rotatable bonds is 11. The smallest absolute Gasteiger partial charge is 1.00 e. The molecule has 0 radical (unpaired) electrons. The van der Waals surface area contributed by atoms with Gasteiger partial charge >= 0.3 is 154 Å². The number of carboxylic acids is 5. The zero-order valence-electron chi connectivity index (χ0n) is 20.4. The number of carbonyl (C=O) groups excluding carboxylic acids is 1. The summed E-state index contributed by atoms with van der Waals surface area (Å²) in [5.41, 5.74) is -6.24. The Kier molecular flexibility index (Phi) is 24.0. The second kappa shape index (κ2) is 17.3. The summed E-state index contributed by atoms with van der Waals surface area (Å²) in [6, 6.07) is 0. The van der Waals surface area contributed by atoms with Gasteiger partial charge in [0.25, 0.3) is 0 Å². The Bertz CT molecular complexity index is 624. The van der Waals surface area contributed by atoms with Crippen LogP contribution in [0.2, 0.25) is 0 Å². The maximum Gasteiger partial charge on any atom is 1.00 e. The second-order valence-electron chi connectivity index (χ2n) is 5.00. The van der Waals surface area contributed by atoms with Crippen LogP contribution in [0.15, 0.2) is 0 Å². The number of ether oxygens (including phenoxy) is 1. The molecule has 17 heteroatoms. The average molecular weight is 462 g/mol. The number of aliphatic hydroxyl groups is 1. The van der Waals surface area contributed by atoms with Crippen LogP contribution in [0.5, 0.6) is 0 Å². The van der Waals surface area contributed by atoms with Gasteiger partial charge in [0.15, 0.2) is 5.60 Å². The first kappa shape index (κ1) is 40.2. The standard InChI is InChI=1S/C12H14O13.4Na.4H/c13-5(14)1-11(24,9(20)21)4-8(19)25-12(10(22)23,2-6(15)16)3-7(17)18;;;;;;;;/h24H,1-4H2,(H,13,14)(H,15,16)(H,17,18)(H,20,21)(H,22,23);;;;;;;;/q;4*+1;4*-1. The predicted octanol–water partition coefficient (Wildman–Crippen LogP) is -13.6. The summed E-state index contributed by atoms with van der Waals surface area (Å²) in [4.78, 5) is 66.0. The molecule has 1 atom stereocenters. The second-order valence-corrected chi connectivity index (χ2v) is 5.00. The third-order valence-electron chi connectivity index (χ3n) is 2.85. The van der Waals surface area contributed by atoms with E-state index in [1.165, 1.54) is 0 Å². The Morgan fingerprint density at radius 1 is 0.621 bits per heavy atom. The quantitative estimate of drug-likeness (QED) is 0.124. The van der Waals surface area contributed by atoms with E-state index in [1.54, 1.807) is 0 Å². The fourth-order valence-electron chi connectivity index (χ4n) is 1.77. The largest absolute Gasteiger partial charge is 1.00 e. The minimum Gasteiger partial charge on any atom is -1.00 e. The van der Waals surface area contributed by atoms with Crippen molar-refractivity contribution in [2.75, 3.05) is 0 Å². The summed E-state index contributed by atoms with van der Waals surface area (Å²) in [5, 5.41) is 53.5. The monoisotopic (exact) mass is 462 g/mol. The van der Waals surface area contributed by atoms with Crippen molar-refractivity contribution in [3.05, 3.63) is 0 Å². The molecule has 0 rings (SSSR count). The van der Waals surface area contributed by atoms with Crippen molar-refractivity contribution >= 4 is 35.8 Å². The maximum atomic E-state index is 11.7. The summed E-state index contributed by atoms with van der Waals surface area (Å²) in [7, 11) is 0. The summed E-state index contributed by atoms with van der Waals surface area (Å²) in [6.45, 7) is 0. The van der Waals surface area contributed by atoms with Crippen LogP contribution in [0.4, 0.5) is 0 Å². The van der Waals surface area contributed by atoms with Gasteiger partial charge in [-0.25, -0.2) is 9.59 Å². The third kappa shape index (κ3) is 14.5. The van der Waals surface area contributed by atoms with E-state index in [0.29, 0.717) is 0 Å². The molecule has 13 nitrogen and oxygen atoms in total. The molecule has 0 aromatic heterocycles. The van der Waals surface area contributed by atoms with E-state index in [4.69, 9.17) is 25.5 Å². The van der Waals surface area contributed by atoms with Gasteiger partial charge in [0.05, 0.1) is 25.7 Å².